The van der Waals surface area contributed by atoms with Gasteiger partial charge >= 0.3 is 0 Å². The maximum atomic E-state index is 5.44. The van der Waals surface area contributed by atoms with Crippen molar-refractivity contribution in [2.24, 2.45) is 0 Å². The minimum atomic E-state index is 0.392. The third-order valence-electron chi connectivity index (χ3n) is 2.92. The van der Waals surface area contributed by atoms with E-state index in [0.29, 0.717) is 6.04 Å². The lowest BCUT2D eigenvalue weighted by Gasteiger charge is -2.16. The van der Waals surface area contributed by atoms with Gasteiger partial charge in [0.05, 0.1) is 6.61 Å². The Balaban J connectivity index is 2.34. The molecule has 18 heavy (non-hydrogen) atoms. The second-order valence-corrected chi connectivity index (χ2v) is 4.83. The molecule has 0 heterocycles. The molecule has 1 rings (SSSR count). The van der Waals surface area contributed by atoms with E-state index in [4.69, 9.17) is 4.74 Å². The standard InChI is InChI=1S/C15H26N2O/c1-5-18-15-9-7-14(8-10-15)13(2)16-11-6-12-17(3)4/h7-10,13,16H,5-6,11-12H2,1-4H3. The van der Waals surface area contributed by atoms with E-state index < -0.39 is 0 Å². The molecule has 0 bridgehead atoms. The van der Waals surface area contributed by atoms with Gasteiger partial charge in [-0.25, -0.2) is 0 Å². The van der Waals surface area contributed by atoms with E-state index in [9.17, 15) is 0 Å². The third kappa shape index (κ3) is 5.52. The first-order chi connectivity index (χ1) is 8.63. The zero-order valence-corrected chi connectivity index (χ0v) is 12.1. The highest BCUT2D eigenvalue weighted by atomic mass is 16.5. The number of ether oxygens (including phenoxy) is 1. The van der Waals surface area contributed by atoms with E-state index in [1.807, 2.05) is 19.1 Å². The maximum absolute atomic E-state index is 5.44. The molecule has 0 radical (unpaired) electrons. The summed E-state index contributed by atoms with van der Waals surface area (Å²) >= 11 is 0. The quantitative estimate of drug-likeness (QED) is 0.718. The highest BCUT2D eigenvalue weighted by molar-refractivity contribution is 5.28. The van der Waals surface area contributed by atoms with Crippen molar-refractivity contribution in [3.63, 3.8) is 0 Å². The lowest BCUT2D eigenvalue weighted by molar-refractivity contribution is 0.340. The molecule has 0 aliphatic rings. The lowest BCUT2D eigenvalue weighted by atomic mass is 10.1. The van der Waals surface area contributed by atoms with Gasteiger partial charge in [-0.1, -0.05) is 12.1 Å². The molecule has 0 amide bonds. The fourth-order valence-corrected chi connectivity index (χ4v) is 1.85. The van der Waals surface area contributed by atoms with Gasteiger partial charge in [-0.05, 0) is 65.1 Å². The first-order valence-electron chi connectivity index (χ1n) is 6.74. The van der Waals surface area contributed by atoms with E-state index in [1.165, 1.54) is 12.0 Å². The van der Waals surface area contributed by atoms with Gasteiger partial charge < -0.3 is 15.0 Å². The monoisotopic (exact) mass is 250 g/mol. The van der Waals surface area contributed by atoms with Crippen LogP contribution in [0.25, 0.3) is 0 Å². The Bertz CT molecular complexity index is 322. The Hall–Kier alpha value is -1.06. The minimum Gasteiger partial charge on any atom is -0.494 e. The topological polar surface area (TPSA) is 24.5 Å². The van der Waals surface area contributed by atoms with E-state index in [-0.39, 0.29) is 0 Å². The molecule has 0 spiro atoms. The van der Waals surface area contributed by atoms with E-state index in [0.717, 1.165) is 25.4 Å². The van der Waals surface area contributed by atoms with Crippen LogP contribution < -0.4 is 10.1 Å². The van der Waals surface area contributed by atoms with Gasteiger partial charge in [-0.2, -0.15) is 0 Å². The van der Waals surface area contributed by atoms with Crippen LogP contribution in [0.4, 0.5) is 0 Å². The van der Waals surface area contributed by atoms with E-state index in [1.54, 1.807) is 0 Å². The summed E-state index contributed by atoms with van der Waals surface area (Å²) in [5, 5.41) is 3.54. The van der Waals surface area contributed by atoms with Gasteiger partial charge in [0, 0.05) is 6.04 Å². The fourth-order valence-electron chi connectivity index (χ4n) is 1.85. The van der Waals surface area contributed by atoms with Crippen LogP contribution in [0, 0.1) is 0 Å². The van der Waals surface area contributed by atoms with Crippen molar-refractivity contribution < 1.29 is 4.74 Å². The van der Waals surface area contributed by atoms with Crippen molar-refractivity contribution in [1.82, 2.24) is 10.2 Å². The van der Waals surface area contributed by atoms with Crippen LogP contribution >= 0.6 is 0 Å². The Kier molecular flexibility index (Phi) is 6.76. The third-order valence-corrected chi connectivity index (χ3v) is 2.92. The second-order valence-electron chi connectivity index (χ2n) is 4.83. The first-order valence-corrected chi connectivity index (χ1v) is 6.74. The highest BCUT2D eigenvalue weighted by Gasteiger charge is 2.04. The molecule has 0 aliphatic heterocycles. The number of nitrogens with one attached hydrogen (secondary N) is 1. The molecule has 1 N–H and O–H groups in total. The van der Waals surface area contributed by atoms with Crippen molar-refractivity contribution in [3.8, 4) is 5.75 Å². The van der Waals surface area contributed by atoms with Gasteiger partial charge in [0.1, 0.15) is 5.75 Å². The summed E-state index contributed by atoms with van der Waals surface area (Å²) < 4.78 is 5.44. The van der Waals surface area contributed by atoms with Crippen molar-refractivity contribution in [3.05, 3.63) is 29.8 Å². The van der Waals surface area contributed by atoms with Gasteiger partial charge in [-0.3, -0.25) is 0 Å². The summed E-state index contributed by atoms with van der Waals surface area (Å²) in [6, 6.07) is 8.74. The van der Waals surface area contributed by atoms with Crippen molar-refractivity contribution in [2.45, 2.75) is 26.3 Å². The van der Waals surface area contributed by atoms with E-state index >= 15 is 0 Å². The Morgan fingerprint density at radius 2 is 1.89 bits per heavy atom. The van der Waals surface area contributed by atoms with Gasteiger partial charge in [0.15, 0.2) is 0 Å². The molecular formula is C15H26N2O. The predicted octanol–water partition coefficient (Wildman–Crippen LogP) is 2.69. The number of hydrogen-bond acceptors (Lipinski definition) is 3. The van der Waals surface area contributed by atoms with Crippen LogP contribution in [0.5, 0.6) is 5.75 Å². The molecular weight excluding hydrogens is 224 g/mol. The molecule has 0 aliphatic carbocycles. The Labute approximate surface area is 111 Å². The smallest absolute Gasteiger partial charge is 0.119 e. The molecule has 0 saturated carbocycles. The Morgan fingerprint density at radius 3 is 2.44 bits per heavy atom. The maximum Gasteiger partial charge on any atom is 0.119 e. The van der Waals surface area contributed by atoms with Crippen molar-refractivity contribution >= 4 is 0 Å². The zero-order chi connectivity index (χ0) is 13.4. The number of rotatable bonds is 8. The van der Waals surface area contributed by atoms with Gasteiger partial charge in [-0.15, -0.1) is 0 Å². The predicted molar refractivity (Wildman–Crippen MR) is 77.2 cm³/mol. The SMILES string of the molecule is CCOc1ccc(C(C)NCCCN(C)C)cc1. The summed E-state index contributed by atoms with van der Waals surface area (Å²) in [6.07, 6.45) is 1.17. The van der Waals surface area contributed by atoms with Gasteiger partial charge in [0.25, 0.3) is 0 Å². The van der Waals surface area contributed by atoms with Crippen LogP contribution in [-0.4, -0.2) is 38.7 Å². The van der Waals surface area contributed by atoms with Crippen LogP contribution in [0.3, 0.4) is 0 Å². The average molecular weight is 250 g/mol. The molecule has 0 fully saturated rings. The first kappa shape index (κ1) is 15.0. The molecule has 1 unspecified atom stereocenters. The van der Waals surface area contributed by atoms with Crippen molar-refractivity contribution in [2.75, 3.05) is 33.8 Å². The Morgan fingerprint density at radius 1 is 1.22 bits per heavy atom. The molecule has 102 valence electrons. The summed E-state index contributed by atoms with van der Waals surface area (Å²) in [5.41, 5.74) is 1.31. The molecule has 0 saturated heterocycles. The molecule has 1 atom stereocenters. The highest BCUT2D eigenvalue weighted by Crippen LogP contribution is 2.17. The lowest BCUT2D eigenvalue weighted by Crippen LogP contribution is -2.23. The summed E-state index contributed by atoms with van der Waals surface area (Å²) in [4.78, 5) is 2.21. The second kappa shape index (κ2) is 8.11. The molecule has 1 aromatic rings. The summed E-state index contributed by atoms with van der Waals surface area (Å²) in [5.74, 6) is 0.945. The molecule has 3 heteroatoms. The largest absolute Gasteiger partial charge is 0.494 e. The fraction of sp³-hybridized carbons (Fsp3) is 0.600. The van der Waals surface area contributed by atoms with Crippen LogP contribution in [0.1, 0.15) is 31.9 Å². The number of nitrogens with zero attached hydrogens (tertiary/aromatic N) is 1. The van der Waals surface area contributed by atoms with Crippen LogP contribution in [0.15, 0.2) is 24.3 Å². The van der Waals surface area contributed by atoms with E-state index in [2.05, 4.69) is 43.4 Å². The number of hydrogen-bond donors (Lipinski definition) is 1. The summed E-state index contributed by atoms with van der Waals surface area (Å²) in [7, 11) is 4.21. The normalized spacial score (nSPS) is 12.7. The van der Waals surface area contributed by atoms with Crippen molar-refractivity contribution in [1.29, 1.82) is 0 Å². The number of benzene rings is 1. The summed E-state index contributed by atoms with van der Waals surface area (Å²) in [6.45, 7) is 7.10. The zero-order valence-electron chi connectivity index (χ0n) is 12.1. The van der Waals surface area contributed by atoms with Crippen LogP contribution in [-0.2, 0) is 0 Å². The molecule has 1 aromatic carbocycles. The molecule has 3 nitrogen and oxygen atoms in total. The van der Waals surface area contributed by atoms with Crippen LogP contribution in [0.2, 0.25) is 0 Å². The van der Waals surface area contributed by atoms with Gasteiger partial charge in [0.2, 0.25) is 0 Å². The average Bonchev–Trinajstić information content (AvgIpc) is 2.35. The molecule has 0 aromatic heterocycles. The minimum absolute atomic E-state index is 0.392.